The molecule has 3 aromatic rings. The number of benzene rings is 2. The van der Waals surface area contributed by atoms with Crippen molar-refractivity contribution in [1.82, 2.24) is 9.88 Å². The summed E-state index contributed by atoms with van der Waals surface area (Å²) in [6, 6.07) is 14.8. The lowest BCUT2D eigenvalue weighted by molar-refractivity contribution is -0.129. The molecule has 1 saturated heterocycles. The van der Waals surface area contributed by atoms with Gasteiger partial charge in [-0.1, -0.05) is 24.3 Å². The van der Waals surface area contributed by atoms with Gasteiger partial charge in [-0.15, -0.1) is 0 Å². The second-order valence-corrected chi connectivity index (χ2v) is 6.62. The Kier molecular flexibility index (Phi) is 4.71. The molecule has 1 fully saturated rings. The zero-order valence-electron chi connectivity index (χ0n) is 14.6. The molecule has 4 rings (SSSR count). The standard InChI is InChI=1S/C21H18F2N2O2/c22-16-7-5-15(18(23)12-16)11-21(26)25-10-9-17(13-25)27-20-8-6-14-3-1-2-4-19(14)24-20/h1-8,12,17H,9-11,13H2/t17-/m0/s1. The van der Waals surface area contributed by atoms with E-state index in [1.54, 1.807) is 4.90 Å². The number of fused-ring (bicyclic) bond motifs is 1. The molecule has 0 bridgehead atoms. The summed E-state index contributed by atoms with van der Waals surface area (Å²) >= 11 is 0. The molecule has 1 atom stereocenters. The van der Waals surface area contributed by atoms with Gasteiger partial charge < -0.3 is 9.64 Å². The van der Waals surface area contributed by atoms with Crippen LogP contribution in [-0.4, -0.2) is 35.0 Å². The van der Waals surface area contributed by atoms with Gasteiger partial charge in [-0.2, -0.15) is 0 Å². The zero-order valence-corrected chi connectivity index (χ0v) is 14.6. The van der Waals surface area contributed by atoms with Crippen molar-refractivity contribution >= 4 is 16.8 Å². The molecule has 0 radical (unpaired) electrons. The Morgan fingerprint density at radius 2 is 2.00 bits per heavy atom. The number of amides is 1. The highest BCUT2D eigenvalue weighted by Gasteiger charge is 2.28. The SMILES string of the molecule is O=C(Cc1ccc(F)cc1F)N1CC[C@H](Oc2ccc3ccccc3n2)C1. The van der Waals surface area contributed by atoms with E-state index in [1.165, 1.54) is 6.07 Å². The van der Waals surface area contributed by atoms with Crippen LogP contribution in [0.3, 0.4) is 0 Å². The third-order valence-corrected chi connectivity index (χ3v) is 4.71. The minimum atomic E-state index is -0.698. The van der Waals surface area contributed by atoms with E-state index in [2.05, 4.69) is 4.98 Å². The lowest BCUT2D eigenvalue weighted by Gasteiger charge is -2.17. The van der Waals surface area contributed by atoms with E-state index in [4.69, 9.17) is 4.74 Å². The van der Waals surface area contributed by atoms with Gasteiger partial charge in [0.1, 0.15) is 17.7 Å². The quantitative estimate of drug-likeness (QED) is 0.705. The van der Waals surface area contributed by atoms with E-state index >= 15 is 0 Å². The van der Waals surface area contributed by atoms with E-state index in [0.29, 0.717) is 25.4 Å². The van der Waals surface area contributed by atoms with Gasteiger partial charge in [0.25, 0.3) is 0 Å². The average molecular weight is 368 g/mol. The van der Waals surface area contributed by atoms with Crippen LogP contribution in [0, 0.1) is 11.6 Å². The van der Waals surface area contributed by atoms with Crippen LogP contribution in [0.4, 0.5) is 8.78 Å². The Balaban J connectivity index is 1.38. The highest BCUT2D eigenvalue weighted by molar-refractivity contribution is 5.79. The number of aromatic nitrogens is 1. The van der Waals surface area contributed by atoms with Gasteiger partial charge in [0, 0.05) is 30.5 Å². The number of carbonyl (C=O) groups is 1. The highest BCUT2D eigenvalue weighted by Crippen LogP contribution is 2.21. The Labute approximate surface area is 155 Å². The molecule has 4 nitrogen and oxygen atoms in total. The molecule has 0 aliphatic carbocycles. The second-order valence-electron chi connectivity index (χ2n) is 6.62. The van der Waals surface area contributed by atoms with Crippen molar-refractivity contribution in [3.05, 3.63) is 71.8 Å². The van der Waals surface area contributed by atoms with Gasteiger partial charge >= 0.3 is 0 Å². The van der Waals surface area contributed by atoms with Crippen molar-refractivity contribution in [3.8, 4) is 5.88 Å². The largest absolute Gasteiger partial charge is 0.472 e. The van der Waals surface area contributed by atoms with Crippen LogP contribution in [-0.2, 0) is 11.2 Å². The van der Waals surface area contributed by atoms with Gasteiger partial charge in [-0.05, 0) is 23.8 Å². The first-order valence-electron chi connectivity index (χ1n) is 8.82. The summed E-state index contributed by atoms with van der Waals surface area (Å²) in [5.41, 5.74) is 1.05. The van der Waals surface area contributed by atoms with E-state index < -0.39 is 11.6 Å². The van der Waals surface area contributed by atoms with Crippen LogP contribution in [0.15, 0.2) is 54.6 Å². The first-order chi connectivity index (χ1) is 13.1. The molecule has 1 aromatic heterocycles. The maximum atomic E-state index is 13.7. The van der Waals surface area contributed by atoms with E-state index in [9.17, 15) is 13.6 Å². The van der Waals surface area contributed by atoms with Crippen molar-refractivity contribution in [1.29, 1.82) is 0 Å². The smallest absolute Gasteiger partial charge is 0.227 e. The molecule has 0 saturated carbocycles. The molecule has 1 aliphatic rings. The maximum Gasteiger partial charge on any atom is 0.227 e. The van der Waals surface area contributed by atoms with Crippen LogP contribution >= 0.6 is 0 Å². The third kappa shape index (κ3) is 3.89. The van der Waals surface area contributed by atoms with E-state index in [-0.39, 0.29) is 24.0 Å². The average Bonchev–Trinajstić information content (AvgIpc) is 3.12. The lowest BCUT2D eigenvalue weighted by Crippen LogP contribution is -2.32. The molecule has 0 spiro atoms. The van der Waals surface area contributed by atoms with Crippen LogP contribution in [0.25, 0.3) is 10.9 Å². The Hall–Kier alpha value is -3.02. The topological polar surface area (TPSA) is 42.4 Å². The van der Waals surface area contributed by atoms with Gasteiger partial charge in [0.15, 0.2) is 0 Å². The minimum absolute atomic E-state index is 0.0902. The summed E-state index contributed by atoms with van der Waals surface area (Å²) in [4.78, 5) is 18.6. The predicted molar refractivity (Wildman–Crippen MR) is 97.4 cm³/mol. The zero-order chi connectivity index (χ0) is 18.8. The van der Waals surface area contributed by atoms with Gasteiger partial charge in [-0.25, -0.2) is 13.8 Å². The van der Waals surface area contributed by atoms with Gasteiger partial charge in [-0.3, -0.25) is 4.79 Å². The highest BCUT2D eigenvalue weighted by atomic mass is 19.1. The molecular weight excluding hydrogens is 350 g/mol. The Morgan fingerprint density at radius 1 is 1.15 bits per heavy atom. The van der Waals surface area contributed by atoms with E-state index in [1.807, 2.05) is 36.4 Å². The summed E-state index contributed by atoms with van der Waals surface area (Å²) in [6.07, 6.45) is 0.444. The molecule has 2 heterocycles. The van der Waals surface area contributed by atoms with Crippen LogP contribution in [0.5, 0.6) is 5.88 Å². The number of rotatable bonds is 4. The molecule has 6 heteroatoms. The van der Waals surface area contributed by atoms with Crippen molar-refractivity contribution in [2.75, 3.05) is 13.1 Å². The molecule has 1 aliphatic heterocycles. The monoisotopic (exact) mass is 368 g/mol. The molecule has 27 heavy (non-hydrogen) atoms. The number of hydrogen-bond donors (Lipinski definition) is 0. The van der Waals surface area contributed by atoms with Gasteiger partial charge in [0.05, 0.1) is 18.5 Å². The first kappa shape index (κ1) is 17.4. The number of hydrogen-bond acceptors (Lipinski definition) is 3. The molecule has 2 aromatic carbocycles. The minimum Gasteiger partial charge on any atom is -0.472 e. The number of nitrogens with zero attached hydrogens (tertiary/aromatic N) is 2. The van der Waals surface area contributed by atoms with Crippen LogP contribution in [0.1, 0.15) is 12.0 Å². The fraction of sp³-hybridized carbons (Fsp3) is 0.238. The third-order valence-electron chi connectivity index (χ3n) is 4.71. The molecule has 138 valence electrons. The summed E-state index contributed by atoms with van der Waals surface area (Å²) in [7, 11) is 0. The van der Waals surface area contributed by atoms with Crippen LogP contribution < -0.4 is 4.74 Å². The summed E-state index contributed by atoms with van der Waals surface area (Å²) in [5.74, 6) is -1.02. The second kappa shape index (κ2) is 7.31. The Morgan fingerprint density at radius 3 is 2.85 bits per heavy atom. The van der Waals surface area contributed by atoms with E-state index in [0.717, 1.165) is 23.0 Å². The number of halogens is 2. The molecule has 0 unspecified atom stereocenters. The van der Waals surface area contributed by atoms with Crippen LogP contribution in [0.2, 0.25) is 0 Å². The number of para-hydroxylation sites is 1. The maximum absolute atomic E-state index is 13.7. The fourth-order valence-corrected chi connectivity index (χ4v) is 3.27. The number of carbonyl (C=O) groups excluding carboxylic acids is 1. The fourth-order valence-electron chi connectivity index (χ4n) is 3.27. The summed E-state index contributed by atoms with van der Waals surface area (Å²) in [5, 5.41) is 1.04. The van der Waals surface area contributed by atoms with Crippen molar-refractivity contribution in [2.45, 2.75) is 18.9 Å². The molecule has 1 amide bonds. The number of ether oxygens (including phenoxy) is 1. The first-order valence-corrected chi connectivity index (χ1v) is 8.82. The normalized spacial score (nSPS) is 16.7. The molecular formula is C21H18F2N2O2. The van der Waals surface area contributed by atoms with Crippen molar-refractivity contribution < 1.29 is 18.3 Å². The Bertz CT molecular complexity index is 993. The number of pyridine rings is 1. The summed E-state index contributed by atoms with van der Waals surface area (Å²) in [6.45, 7) is 0.968. The van der Waals surface area contributed by atoms with Gasteiger partial charge in [0.2, 0.25) is 11.8 Å². The predicted octanol–water partition coefficient (Wildman–Crippen LogP) is 3.74. The van der Waals surface area contributed by atoms with Crippen molar-refractivity contribution in [3.63, 3.8) is 0 Å². The molecule has 0 N–H and O–H groups in total. The lowest BCUT2D eigenvalue weighted by atomic mass is 10.1. The summed E-state index contributed by atoms with van der Waals surface area (Å²) < 4.78 is 32.7. The van der Waals surface area contributed by atoms with Crippen molar-refractivity contribution in [2.24, 2.45) is 0 Å². The number of likely N-dealkylation sites (tertiary alicyclic amines) is 1.